The normalized spacial score (nSPS) is 22.1. The van der Waals surface area contributed by atoms with Crippen LogP contribution in [-0.4, -0.2) is 34.6 Å². The highest BCUT2D eigenvalue weighted by Gasteiger charge is 2.28. The number of nitrogens with zero attached hydrogens (tertiary/aromatic N) is 2. The number of nitrogens with one attached hydrogen (secondary N) is 1. The molecule has 1 aromatic rings. The maximum atomic E-state index is 5.51. The molecular weight excluding hydrogens is 202 g/mol. The zero-order valence-corrected chi connectivity index (χ0v) is 9.00. The molecule has 0 unspecified atom stereocenters. The van der Waals surface area contributed by atoms with E-state index in [1.54, 1.807) is 6.20 Å². The minimum atomic E-state index is -0.454. The van der Waals surface area contributed by atoms with Crippen molar-refractivity contribution in [2.45, 2.75) is 25.7 Å². The molecule has 1 aromatic heterocycles. The molecular formula is C8H13N3O2S. The lowest BCUT2D eigenvalue weighted by molar-refractivity contribution is -0.247. The van der Waals surface area contributed by atoms with Gasteiger partial charge in [-0.2, -0.15) is 0 Å². The topological polar surface area (TPSA) is 56.3 Å². The first-order valence-electron chi connectivity index (χ1n) is 4.47. The zero-order valence-electron chi connectivity index (χ0n) is 8.19. The highest BCUT2D eigenvalue weighted by atomic mass is 32.1. The van der Waals surface area contributed by atoms with Gasteiger partial charge in [-0.05, 0) is 13.8 Å². The van der Waals surface area contributed by atoms with Gasteiger partial charge in [0.1, 0.15) is 5.00 Å². The Labute approximate surface area is 86.6 Å². The van der Waals surface area contributed by atoms with Crippen LogP contribution in [0.4, 0.5) is 5.00 Å². The fraction of sp³-hybridized carbons (Fsp3) is 0.750. The van der Waals surface area contributed by atoms with Gasteiger partial charge < -0.3 is 14.8 Å². The summed E-state index contributed by atoms with van der Waals surface area (Å²) in [5.41, 5.74) is 0. The van der Waals surface area contributed by atoms with E-state index >= 15 is 0 Å². The molecule has 0 atom stereocenters. The predicted octanol–water partition coefficient (Wildman–Crippen LogP) is 1.10. The average Bonchev–Trinajstić information content (AvgIpc) is 2.61. The van der Waals surface area contributed by atoms with Crippen LogP contribution >= 0.6 is 11.5 Å². The minimum Gasteiger partial charge on any atom is -0.367 e. The van der Waals surface area contributed by atoms with Gasteiger partial charge in [-0.1, -0.05) is 4.49 Å². The Bertz CT molecular complexity index is 279. The summed E-state index contributed by atoms with van der Waals surface area (Å²) >= 11 is 1.33. The summed E-state index contributed by atoms with van der Waals surface area (Å²) in [6, 6.07) is 0.185. The van der Waals surface area contributed by atoms with Crippen molar-refractivity contribution in [2.75, 3.05) is 18.5 Å². The molecule has 0 aromatic carbocycles. The monoisotopic (exact) mass is 215 g/mol. The zero-order chi connectivity index (χ0) is 10.0. The van der Waals surface area contributed by atoms with Gasteiger partial charge in [-0.25, -0.2) is 0 Å². The van der Waals surface area contributed by atoms with E-state index < -0.39 is 5.79 Å². The van der Waals surface area contributed by atoms with Gasteiger partial charge >= 0.3 is 0 Å². The number of ether oxygens (including phenoxy) is 2. The molecule has 0 saturated carbocycles. The smallest absolute Gasteiger partial charge is 0.162 e. The van der Waals surface area contributed by atoms with Crippen LogP contribution in [0.25, 0.3) is 0 Å². The maximum absolute atomic E-state index is 5.51. The van der Waals surface area contributed by atoms with Gasteiger partial charge in [-0.15, -0.1) is 5.10 Å². The minimum absolute atomic E-state index is 0.185. The number of aromatic nitrogens is 2. The van der Waals surface area contributed by atoms with Crippen molar-refractivity contribution < 1.29 is 9.47 Å². The Kier molecular flexibility index (Phi) is 2.66. The molecule has 0 aliphatic carbocycles. The molecule has 0 radical (unpaired) electrons. The number of anilines is 1. The first-order valence-corrected chi connectivity index (χ1v) is 5.25. The summed E-state index contributed by atoms with van der Waals surface area (Å²) in [7, 11) is 0. The van der Waals surface area contributed by atoms with Crippen molar-refractivity contribution >= 4 is 16.5 Å². The van der Waals surface area contributed by atoms with Crippen molar-refractivity contribution in [1.82, 2.24) is 9.59 Å². The second kappa shape index (κ2) is 3.80. The van der Waals surface area contributed by atoms with Crippen LogP contribution in [0.5, 0.6) is 0 Å². The van der Waals surface area contributed by atoms with Crippen molar-refractivity contribution in [3.63, 3.8) is 0 Å². The molecule has 5 nitrogen and oxygen atoms in total. The van der Waals surface area contributed by atoms with Crippen molar-refractivity contribution in [1.29, 1.82) is 0 Å². The van der Waals surface area contributed by atoms with Crippen molar-refractivity contribution in [2.24, 2.45) is 0 Å². The Balaban J connectivity index is 1.85. The van der Waals surface area contributed by atoms with Gasteiger partial charge in [0.2, 0.25) is 0 Å². The molecule has 6 heteroatoms. The number of hydrogen-bond acceptors (Lipinski definition) is 6. The quantitative estimate of drug-likeness (QED) is 0.800. The van der Waals surface area contributed by atoms with Crippen molar-refractivity contribution in [3.05, 3.63) is 6.20 Å². The maximum Gasteiger partial charge on any atom is 0.162 e. The molecule has 1 saturated heterocycles. The molecule has 0 spiro atoms. The highest BCUT2D eigenvalue weighted by Crippen LogP contribution is 2.20. The lowest BCUT2D eigenvalue weighted by Gasteiger charge is -2.35. The summed E-state index contributed by atoms with van der Waals surface area (Å²) in [6.45, 7) is 5.12. The lowest BCUT2D eigenvalue weighted by atomic mass is 10.2. The predicted molar refractivity (Wildman–Crippen MR) is 53.3 cm³/mol. The van der Waals surface area contributed by atoms with Gasteiger partial charge in [0, 0.05) is 11.5 Å². The summed E-state index contributed by atoms with van der Waals surface area (Å²) in [5, 5.41) is 7.93. The SMILES string of the molecule is CC1(C)OCC(Nc2cnns2)CO1. The molecule has 0 bridgehead atoms. The van der Waals surface area contributed by atoms with Gasteiger partial charge in [0.15, 0.2) is 5.79 Å². The first-order chi connectivity index (χ1) is 6.66. The third kappa shape index (κ3) is 2.40. The Morgan fingerprint density at radius 1 is 1.50 bits per heavy atom. The van der Waals surface area contributed by atoms with Crippen LogP contribution < -0.4 is 5.32 Å². The molecule has 0 amide bonds. The summed E-state index contributed by atoms with van der Waals surface area (Å²) in [5.74, 6) is -0.454. The second-order valence-corrected chi connectivity index (χ2v) is 4.43. The molecule has 14 heavy (non-hydrogen) atoms. The van der Waals surface area contributed by atoms with E-state index in [1.807, 2.05) is 13.8 Å². The van der Waals surface area contributed by atoms with Gasteiger partial charge in [-0.3, -0.25) is 0 Å². The molecule has 1 aliphatic heterocycles. The van der Waals surface area contributed by atoms with E-state index in [0.717, 1.165) is 5.00 Å². The fourth-order valence-electron chi connectivity index (χ4n) is 1.21. The lowest BCUT2D eigenvalue weighted by Crippen LogP contribution is -2.45. The van der Waals surface area contributed by atoms with Crippen LogP contribution in [0.1, 0.15) is 13.8 Å². The Hall–Kier alpha value is -0.720. The number of hydrogen-bond donors (Lipinski definition) is 1. The van der Waals surface area contributed by atoms with Gasteiger partial charge in [0.25, 0.3) is 0 Å². The first kappa shape index (κ1) is 9.82. The molecule has 1 fully saturated rings. The summed E-state index contributed by atoms with van der Waals surface area (Å²) in [4.78, 5) is 0. The Morgan fingerprint density at radius 2 is 2.21 bits per heavy atom. The Morgan fingerprint density at radius 3 is 2.79 bits per heavy atom. The molecule has 78 valence electrons. The van der Waals surface area contributed by atoms with E-state index in [4.69, 9.17) is 9.47 Å². The third-order valence-corrected chi connectivity index (χ3v) is 2.57. The standard InChI is InChI=1S/C8H13N3O2S/c1-8(2)12-4-6(5-13-8)10-7-3-9-11-14-7/h3,6,10H,4-5H2,1-2H3. The molecule has 2 rings (SSSR count). The van der Waals surface area contributed by atoms with Crippen LogP contribution in [0.3, 0.4) is 0 Å². The van der Waals surface area contributed by atoms with Crippen LogP contribution in [0, 0.1) is 0 Å². The van der Waals surface area contributed by atoms with E-state index in [9.17, 15) is 0 Å². The molecule has 2 heterocycles. The fourth-order valence-corrected chi connectivity index (χ4v) is 1.70. The van der Waals surface area contributed by atoms with Gasteiger partial charge in [0.05, 0.1) is 25.5 Å². The van der Waals surface area contributed by atoms with E-state index in [1.165, 1.54) is 11.5 Å². The van der Waals surface area contributed by atoms with E-state index in [-0.39, 0.29) is 6.04 Å². The third-order valence-electron chi connectivity index (χ3n) is 1.97. The molecule has 1 aliphatic rings. The summed E-state index contributed by atoms with van der Waals surface area (Å²) in [6.07, 6.45) is 1.70. The van der Waals surface area contributed by atoms with Crippen LogP contribution in [0.15, 0.2) is 6.20 Å². The van der Waals surface area contributed by atoms with Crippen molar-refractivity contribution in [3.8, 4) is 0 Å². The van der Waals surface area contributed by atoms with E-state index in [2.05, 4.69) is 14.9 Å². The average molecular weight is 215 g/mol. The second-order valence-electron chi connectivity index (χ2n) is 3.64. The van der Waals surface area contributed by atoms with Crippen LogP contribution in [0.2, 0.25) is 0 Å². The highest BCUT2D eigenvalue weighted by molar-refractivity contribution is 7.09. The van der Waals surface area contributed by atoms with Crippen LogP contribution in [-0.2, 0) is 9.47 Å². The molecule has 1 N–H and O–H groups in total. The number of rotatable bonds is 2. The van der Waals surface area contributed by atoms with E-state index in [0.29, 0.717) is 13.2 Å². The summed E-state index contributed by atoms with van der Waals surface area (Å²) < 4.78 is 14.8. The largest absolute Gasteiger partial charge is 0.367 e.